The average molecular weight is 186 g/mol. The summed E-state index contributed by atoms with van der Waals surface area (Å²) in [5.74, 6) is 0. The molecule has 0 aliphatic carbocycles. The van der Waals surface area contributed by atoms with Gasteiger partial charge < -0.3 is 10.2 Å². The lowest BCUT2D eigenvalue weighted by Gasteiger charge is -2.25. The van der Waals surface area contributed by atoms with Crippen molar-refractivity contribution in [2.75, 3.05) is 31.1 Å². The monoisotopic (exact) mass is 186 g/mol. The number of aromatic amines is 1. The fourth-order valence-electron chi connectivity index (χ4n) is 1.21. The van der Waals surface area contributed by atoms with E-state index in [9.17, 15) is 4.79 Å². The Balaban J connectivity index is 2.13. The zero-order valence-electron chi connectivity index (χ0n) is 6.54. The summed E-state index contributed by atoms with van der Waals surface area (Å²) in [6, 6.07) is 0. The van der Waals surface area contributed by atoms with Gasteiger partial charge in [0.25, 0.3) is 0 Å². The summed E-state index contributed by atoms with van der Waals surface area (Å²) in [5, 5.41) is 10.4. The van der Waals surface area contributed by atoms with Crippen molar-refractivity contribution in [3.05, 3.63) is 9.67 Å². The third-order valence-corrected chi connectivity index (χ3v) is 2.62. The number of H-pyrrole nitrogens is 1. The largest absolute Gasteiger partial charge is 0.344 e. The van der Waals surface area contributed by atoms with Crippen LogP contribution in [0.15, 0.2) is 4.79 Å². The first kappa shape index (κ1) is 7.75. The molecule has 1 saturated heterocycles. The molecule has 2 heterocycles. The van der Waals surface area contributed by atoms with E-state index in [1.165, 1.54) is 11.3 Å². The predicted octanol–water partition coefficient (Wildman–Crippen LogP) is -0.759. The number of anilines is 1. The standard InChI is InChI=1S/C6H10N4OS/c11-6-9-8-5(12-6)10-3-1-7-2-4-10/h7H,1-4H2,(H,9,11). The summed E-state index contributed by atoms with van der Waals surface area (Å²) in [7, 11) is 0. The molecule has 0 bridgehead atoms. The van der Waals surface area contributed by atoms with Crippen LogP contribution in [0, 0.1) is 0 Å². The summed E-state index contributed by atoms with van der Waals surface area (Å²) >= 11 is 1.17. The van der Waals surface area contributed by atoms with Crippen molar-refractivity contribution in [2.45, 2.75) is 0 Å². The number of nitrogens with zero attached hydrogens (tertiary/aromatic N) is 2. The fraction of sp³-hybridized carbons (Fsp3) is 0.667. The van der Waals surface area contributed by atoms with Gasteiger partial charge in [0.05, 0.1) is 0 Å². The van der Waals surface area contributed by atoms with E-state index >= 15 is 0 Å². The average Bonchev–Trinajstić information content (AvgIpc) is 2.54. The molecule has 1 aliphatic heterocycles. The first-order chi connectivity index (χ1) is 5.86. The van der Waals surface area contributed by atoms with E-state index in [0.717, 1.165) is 31.3 Å². The van der Waals surface area contributed by atoms with E-state index in [1.54, 1.807) is 0 Å². The van der Waals surface area contributed by atoms with Gasteiger partial charge in [-0.25, -0.2) is 5.10 Å². The minimum atomic E-state index is -0.0801. The van der Waals surface area contributed by atoms with Gasteiger partial charge in [-0.15, -0.1) is 5.10 Å². The molecule has 1 aromatic rings. The second-order valence-electron chi connectivity index (χ2n) is 2.63. The Kier molecular flexibility index (Phi) is 2.09. The van der Waals surface area contributed by atoms with Crippen molar-refractivity contribution >= 4 is 16.5 Å². The first-order valence-corrected chi connectivity index (χ1v) is 4.69. The van der Waals surface area contributed by atoms with Crippen molar-refractivity contribution in [1.29, 1.82) is 0 Å². The van der Waals surface area contributed by atoms with Crippen LogP contribution < -0.4 is 15.1 Å². The Morgan fingerprint density at radius 2 is 2.17 bits per heavy atom. The molecule has 0 radical (unpaired) electrons. The highest BCUT2D eigenvalue weighted by Crippen LogP contribution is 2.11. The van der Waals surface area contributed by atoms with Crippen LogP contribution >= 0.6 is 11.3 Å². The third-order valence-electron chi connectivity index (χ3n) is 1.81. The molecule has 5 nitrogen and oxygen atoms in total. The van der Waals surface area contributed by atoms with Crippen LogP contribution in [0.3, 0.4) is 0 Å². The van der Waals surface area contributed by atoms with Gasteiger partial charge >= 0.3 is 4.87 Å². The second-order valence-corrected chi connectivity index (χ2v) is 3.57. The molecule has 2 rings (SSSR count). The first-order valence-electron chi connectivity index (χ1n) is 3.87. The summed E-state index contributed by atoms with van der Waals surface area (Å²) in [4.78, 5) is 12.8. The van der Waals surface area contributed by atoms with Crippen LogP contribution in [0.2, 0.25) is 0 Å². The number of nitrogens with one attached hydrogen (secondary N) is 2. The molecular formula is C6H10N4OS. The summed E-state index contributed by atoms with van der Waals surface area (Å²) < 4.78 is 0. The van der Waals surface area contributed by atoms with E-state index in [-0.39, 0.29) is 4.87 Å². The smallest absolute Gasteiger partial charge is 0.324 e. The lowest BCUT2D eigenvalue weighted by Crippen LogP contribution is -2.43. The molecule has 0 spiro atoms. The van der Waals surface area contributed by atoms with Crippen molar-refractivity contribution in [2.24, 2.45) is 0 Å². The van der Waals surface area contributed by atoms with Crippen molar-refractivity contribution in [1.82, 2.24) is 15.5 Å². The molecule has 1 aromatic heterocycles. The van der Waals surface area contributed by atoms with Crippen molar-refractivity contribution in [3.8, 4) is 0 Å². The van der Waals surface area contributed by atoms with Crippen LogP contribution in [0.1, 0.15) is 0 Å². The van der Waals surface area contributed by atoms with E-state index in [4.69, 9.17) is 0 Å². The number of hydrogen-bond donors (Lipinski definition) is 2. The second kappa shape index (κ2) is 3.24. The molecule has 66 valence electrons. The van der Waals surface area contributed by atoms with E-state index in [1.807, 2.05) is 0 Å². The molecule has 6 heteroatoms. The quantitative estimate of drug-likeness (QED) is 0.605. The van der Waals surface area contributed by atoms with Crippen LogP contribution in [-0.2, 0) is 0 Å². The van der Waals surface area contributed by atoms with Gasteiger partial charge in [-0.2, -0.15) is 0 Å². The summed E-state index contributed by atoms with van der Waals surface area (Å²) in [6.07, 6.45) is 0. The zero-order chi connectivity index (χ0) is 8.39. The molecule has 12 heavy (non-hydrogen) atoms. The Hall–Kier alpha value is -0.880. The third kappa shape index (κ3) is 1.49. The maximum atomic E-state index is 10.8. The molecule has 0 saturated carbocycles. The minimum Gasteiger partial charge on any atom is -0.344 e. The Morgan fingerprint density at radius 1 is 1.42 bits per heavy atom. The minimum absolute atomic E-state index is 0.0801. The van der Waals surface area contributed by atoms with Crippen molar-refractivity contribution in [3.63, 3.8) is 0 Å². The van der Waals surface area contributed by atoms with Gasteiger partial charge in [0.2, 0.25) is 5.13 Å². The van der Waals surface area contributed by atoms with Gasteiger partial charge in [-0.05, 0) is 11.3 Å². The molecule has 1 aliphatic rings. The van der Waals surface area contributed by atoms with Gasteiger partial charge in [0, 0.05) is 26.2 Å². The van der Waals surface area contributed by atoms with Crippen LogP contribution in [0.25, 0.3) is 0 Å². The van der Waals surface area contributed by atoms with E-state index < -0.39 is 0 Å². The normalized spacial score (nSPS) is 18.2. The van der Waals surface area contributed by atoms with Gasteiger partial charge in [0.1, 0.15) is 0 Å². The van der Waals surface area contributed by atoms with Gasteiger partial charge in [-0.1, -0.05) is 0 Å². The van der Waals surface area contributed by atoms with E-state index in [2.05, 4.69) is 20.4 Å². The van der Waals surface area contributed by atoms with E-state index in [0.29, 0.717) is 0 Å². The summed E-state index contributed by atoms with van der Waals surface area (Å²) in [5.41, 5.74) is 0. The maximum Gasteiger partial charge on any atom is 0.324 e. The number of hydrogen-bond acceptors (Lipinski definition) is 5. The van der Waals surface area contributed by atoms with Gasteiger partial charge in [-0.3, -0.25) is 4.79 Å². The fourth-order valence-corrected chi connectivity index (χ4v) is 1.87. The molecule has 1 fully saturated rings. The molecule has 0 amide bonds. The highest BCUT2D eigenvalue weighted by Gasteiger charge is 2.13. The SMILES string of the molecule is O=c1[nH]nc(N2CCNCC2)s1. The Bertz CT molecular complexity index is 300. The van der Waals surface area contributed by atoms with Crippen LogP contribution in [0.5, 0.6) is 0 Å². The van der Waals surface area contributed by atoms with Crippen LogP contribution in [0.4, 0.5) is 5.13 Å². The maximum absolute atomic E-state index is 10.8. The lowest BCUT2D eigenvalue weighted by atomic mass is 10.4. The van der Waals surface area contributed by atoms with Crippen molar-refractivity contribution < 1.29 is 0 Å². The van der Waals surface area contributed by atoms with Gasteiger partial charge in [0.15, 0.2) is 0 Å². The topological polar surface area (TPSA) is 61.0 Å². The number of piperazine rings is 1. The molecule has 0 atom stereocenters. The summed E-state index contributed by atoms with van der Waals surface area (Å²) in [6.45, 7) is 3.79. The lowest BCUT2D eigenvalue weighted by molar-refractivity contribution is 0.587. The van der Waals surface area contributed by atoms with Crippen LogP contribution in [-0.4, -0.2) is 36.4 Å². The molecule has 2 N–H and O–H groups in total. The molecule has 0 unspecified atom stereocenters. The highest BCUT2D eigenvalue weighted by molar-refractivity contribution is 7.12. The Labute approximate surface area is 73.4 Å². The highest BCUT2D eigenvalue weighted by atomic mass is 32.1. The number of aromatic nitrogens is 2. The zero-order valence-corrected chi connectivity index (χ0v) is 7.36. The number of rotatable bonds is 1. The predicted molar refractivity (Wildman–Crippen MR) is 47.8 cm³/mol. The molecule has 0 aromatic carbocycles. The Morgan fingerprint density at radius 3 is 2.75 bits per heavy atom. The molecular weight excluding hydrogens is 176 g/mol.